The van der Waals surface area contributed by atoms with Gasteiger partial charge in [-0.25, -0.2) is 4.39 Å². The number of hydrogen-bond donors (Lipinski definition) is 0. The predicted molar refractivity (Wildman–Crippen MR) is 56.3 cm³/mol. The molecule has 0 atom stereocenters. The molecule has 1 heterocycles. The zero-order valence-electron chi connectivity index (χ0n) is 8.91. The van der Waals surface area contributed by atoms with E-state index in [1.807, 2.05) is 0 Å². The first-order valence-corrected chi connectivity index (χ1v) is 4.91. The average molecular weight is 257 g/mol. The van der Waals surface area contributed by atoms with Crippen LogP contribution < -0.4 is 4.74 Å². The van der Waals surface area contributed by atoms with Crippen LogP contribution in [0.1, 0.15) is 0 Å². The highest BCUT2D eigenvalue weighted by Crippen LogP contribution is 2.29. The van der Waals surface area contributed by atoms with Crippen molar-refractivity contribution in [3.63, 3.8) is 0 Å². The van der Waals surface area contributed by atoms with Gasteiger partial charge >= 0.3 is 6.36 Å². The maximum Gasteiger partial charge on any atom is 0.573 e. The molecule has 2 rings (SSSR count). The number of halogens is 4. The van der Waals surface area contributed by atoms with Gasteiger partial charge in [-0.3, -0.25) is 4.98 Å². The fourth-order valence-corrected chi connectivity index (χ4v) is 1.43. The Bertz CT molecular complexity index is 540. The van der Waals surface area contributed by atoms with E-state index in [9.17, 15) is 17.6 Å². The maximum absolute atomic E-state index is 13.4. The van der Waals surface area contributed by atoms with E-state index in [-0.39, 0.29) is 0 Å². The monoisotopic (exact) mass is 257 g/mol. The van der Waals surface area contributed by atoms with Gasteiger partial charge < -0.3 is 4.74 Å². The van der Waals surface area contributed by atoms with Crippen molar-refractivity contribution in [2.45, 2.75) is 6.36 Å². The molecule has 0 amide bonds. The van der Waals surface area contributed by atoms with Gasteiger partial charge in [-0.15, -0.1) is 13.2 Å². The molecule has 1 aromatic heterocycles. The van der Waals surface area contributed by atoms with E-state index < -0.39 is 17.9 Å². The van der Waals surface area contributed by atoms with Gasteiger partial charge in [-0.1, -0.05) is 6.07 Å². The topological polar surface area (TPSA) is 22.1 Å². The first kappa shape index (κ1) is 12.3. The summed E-state index contributed by atoms with van der Waals surface area (Å²) in [4.78, 5) is 3.79. The third-order valence-corrected chi connectivity index (χ3v) is 2.17. The second-order valence-electron chi connectivity index (χ2n) is 3.43. The minimum Gasteiger partial charge on any atom is -0.403 e. The van der Waals surface area contributed by atoms with Gasteiger partial charge in [0.15, 0.2) is 11.6 Å². The summed E-state index contributed by atoms with van der Waals surface area (Å²) < 4.78 is 52.8. The molecule has 0 N–H and O–H groups in total. The van der Waals surface area contributed by atoms with Crippen LogP contribution in [0.4, 0.5) is 17.6 Å². The third kappa shape index (κ3) is 2.97. The van der Waals surface area contributed by atoms with Crippen molar-refractivity contribution < 1.29 is 22.3 Å². The smallest absolute Gasteiger partial charge is 0.403 e. The maximum atomic E-state index is 13.4. The number of pyridine rings is 1. The van der Waals surface area contributed by atoms with Crippen molar-refractivity contribution in [2.75, 3.05) is 0 Å². The zero-order valence-corrected chi connectivity index (χ0v) is 8.91. The second-order valence-corrected chi connectivity index (χ2v) is 3.43. The highest BCUT2D eigenvalue weighted by molar-refractivity contribution is 5.63. The van der Waals surface area contributed by atoms with Gasteiger partial charge in [-0.05, 0) is 35.4 Å². The Morgan fingerprint density at radius 2 is 1.61 bits per heavy atom. The van der Waals surface area contributed by atoms with Crippen molar-refractivity contribution in [2.24, 2.45) is 0 Å². The van der Waals surface area contributed by atoms with Crippen LogP contribution in [0.3, 0.4) is 0 Å². The number of hydrogen-bond acceptors (Lipinski definition) is 2. The van der Waals surface area contributed by atoms with Gasteiger partial charge in [0.05, 0.1) is 0 Å². The van der Waals surface area contributed by atoms with Crippen LogP contribution >= 0.6 is 0 Å². The summed E-state index contributed by atoms with van der Waals surface area (Å²) in [6.07, 6.45) is -1.89. The van der Waals surface area contributed by atoms with Crippen LogP contribution in [0.25, 0.3) is 11.1 Å². The van der Waals surface area contributed by atoms with E-state index in [1.165, 1.54) is 18.5 Å². The first-order valence-electron chi connectivity index (χ1n) is 4.91. The van der Waals surface area contributed by atoms with Crippen molar-refractivity contribution in [3.8, 4) is 16.9 Å². The molecule has 1 aromatic carbocycles. The second kappa shape index (κ2) is 4.64. The highest BCUT2D eigenvalue weighted by atomic mass is 19.4. The van der Waals surface area contributed by atoms with Gasteiger partial charge in [-0.2, -0.15) is 0 Å². The molecule has 0 aliphatic rings. The Morgan fingerprint density at radius 1 is 0.944 bits per heavy atom. The third-order valence-electron chi connectivity index (χ3n) is 2.17. The summed E-state index contributed by atoms with van der Waals surface area (Å²) in [5, 5.41) is 0. The largest absolute Gasteiger partial charge is 0.573 e. The molecule has 0 aliphatic heterocycles. The van der Waals surface area contributed by atoms with Crippen LogP contribution in [-0.2, 0) is 0 Å². The number of ether oxygens (including phenoxy) is 1. The van der Waals surface area contributed by atoms with Crippen LogP contribution in [0, 0.1) is 5.82 Å². The Labute approximate surface area is 99.8 Å². The molecule has 0 radical (unpaired) electrons. The van der Waals surface area contributed by atoms with Crippen molar-refractivity contribution in [3.05, 3.63) is 48.5 Å². The molecule has 0 unspecified atom stereocenters. The van der Waals surface area contributed by atoms with Crippen LogP contribution in [0.15, 0.2) is 42.7 Å². The molecule has 94 valence electrons. The summed E-state index contributed by atoms with van der Waals surface area (Å²) in [5.74, 6) is -1.91. The van der Waals surface area contributed by atoms with Crippen molar-refractivity contribution in [1.29, 1.82) is 0 Å². The molecule has 0 aliphatic carbocycles. The average Bonchev–Trinajstić information content (AvgIpc) is 2.31. The zero-order chi connectivity index (χ0) is 13.2. The van der Waals surface area contributed by atoms with Gasteiger partial charge in [0.2, 0.25) is 0 Å². The number of rotatable bonds is 2. The molecule has 0 bridgehead atoms. The van der Waals surface area contributed by atoms with Crippen LogP contribution in [0.5, 0.6) is 5.75 Å². The lowest BCUT2D eigenvalue weighted by Crippen LogP contribution is -2.17. The van der Waals surface area contributed by atoms with E-state index >= 15 is 0 Å². The quantitative estimate of drug-likeness (QED) is 0.764. The van der Waals surface area contributed by atoms with E-state index in [0.717, 1.165) is 12.1 Å². The summed E-state index contributed by atoms with van der Waals surface area (Å²) in [7, 11) is 0. The fraction of sp³-hybridized carbons (Fsp3) is 0.0833. The molecule has 0 saturated carbocycles. The minimum absolute atomic E-state index is 0.449. The van der Waals surface area contributed by atoms with Crippen LogP contribution in [0.2, 0.25) is 0 Å². The van der Waals surface area contributed by atoms with Crippen LogP contribution in [-0.4, -0.2) is 11.3 Å². The Kier molecular flexibility index (Phi) is 3.18. The standard InChI is InChI=1S/C12H7F4NO/c13-10-7-9(8-3-5-17-6-4-8)1-2-11(10)18-12(14,15)16/h1-7H. The molecule has 2 nitrogen and oxygen atoms in total. The normalized spacial score (nSPS) is 11.3. The predicted octanol–water partition coefficient (Wildman–Crippen LogP) is 3.79. The lowest BCUT2D eigenvalue weighted by Gasteiger charge is -2.10. The molecule has 0 saturated heterocycles. The SMILES string of the molecule is Fc1cc(-c2ccncc2)ccc1OC(F)(F)F. The Balaban J connectivity index is 2.31. The molecular formula is C12H7F4NO. The Morgan fingerprint density at radius 3 is 2.17 bits per heavy atom. The first-order chi connectivity index (χ1) is 8.46. The van der Waals surface area contributed by atoms with Gasteiger partial charge in [0.25, 0.3) is 0 Å². The molecule has 0 fully saturated rings. The lowest BCUT2D eigenvalue weighted by atomic mass is 10.1. The number of alkyl halides is 3. The summed E-state index contributed by atoms with van der Waals surface area (Å²) >= 11 is 0. The van der Waals surface area contributed by atoms with Crippen molar-refractivity contribution >= 4 is 0 Å². The number of aromatic nitrogens is 1. The highest BCUT2D eigenvalue weighted by Gasteiger charge is 2.32. The fourth-order valence-electron chi connectivity index (χ4n) is 1.43. The molecule has 0 spiro atoms. The summed E-state index contributed by atoms with van der Waals surface area (Å²) in [6.45, 7) is 0. The van der Waals surface area contributed by atoms with Gasteiger partial charge in [0, 0.05) is 12.4 Å². The van der Waals surface area contributed by atoms with E-state index in [0.29, 0.717) is 11.1 Å². The van der Waals surface area contributed by atoms with E-state index in [2.05, 4.69) is 9.72 Å². The molecular weight excluding hydrogens is 250 g/mol. The summed E-state index contributed by atoms with van der Waals surface area (Å²) in [6, 6.07) is 6.52. The number of nitrogens with zero attached hydrogens (tertiary/aromatic N) is 1. The Hall–Kier alpha value is -2.11. The van der Waals surface area contributed by atoms with E-state index in [4.69, 9.17) is 0 Å². The van der Waals surface area contributed by atoms with E-state index in [1.54, 1.807) is 12.1 Å². The van der Waals surface area contributed by atoms with Crippen molar-refractivity contribution in [1.82, 2.24) is 4.98 Å². The lowest BCUT2D eigenvalue weighted by molar-refractivity contribution is -0.275. The minimum atomic E-state index is -4.90. The molecule has 2 aromatic rings. The van der Waals surface area contributed by atoms with Gasteiger partial charge in [0.1, 0.15) is 0 Å². The summed E-state index contributed by atoms with van der Waals surface area (Å²) in [5.41, 5.74) is 1.10. The molecule has 6 heteroatoms. The number of benzene rings is 1. The molecule has 18 heavy (non-hydrogen) atoms.